The van der Waals surface area contributed by atoms with E-state index in [1.54, 1.807) is 0 Å². The monoisotopic (exact) mass is 150 g/mol. The second-order valence-electron chi connectivity index (χ2n) is 2.38. The molecule has 2 aromatic heterocycles. The van der Waals surface area contributed by atoms with E-state index in [0.29, 0.717) is 0 Å². The lowest BCUT2D eigenvalue weighted by atomic mass is 10.4. The summed E-state index contributed by atoms with van der Waals surface area (Å²) in [5, 5.41) is 0. The Hall–Kier alpha value is -1.58. The van der Waals surface area contributed by atoms with E-state index in [1.165, 1.54) is 0 Å². The van der Waals surface area contributed by atoms with Gasteiger partial charge in [0, 0.05) is 19.4 Å². The van der Waals surface area contributed by atoms with Gasteiger partial charge in [0.1, 0.15) is 0 Å². The fourth-order valence-electron chi connectivity index (χ4n) is 1.20. The van der Waals surface area contributed by atoms with Crippen LogP contribution in [-0.2, 0) is 0 Å². The average Bonchev–Trinajstić information content (AvgIpc) is 2.53. The van der Waals surface area contributed by atoms with E-state index in [2.05, 4.69) is 5.43 Å². The zero-order chi connectivity index (χ0) is 7.84. The van der Waals surface area contributed by atoms with Crippen LogP contribution in [-0.4, -0.2) is 16.4 Å². The molecule has 0 unspecified atom stereocenters. The molecule has 2 aromatic rings. The normalized spacial score (nSPS) is 10.6. The summed E-state index contributed by atoms with van der Waals surface area (Å²) in [4.78, 5) is 1.85. The van der Waals surface area contributed by atoms with Crippen molar-refractivity contribution in [1.82, 2.24) is 9.31 Å². The van der Waals surface area contributed by atoms with Crippen LogP contribution in [0.5, 0.6) is 0 Å². The van der Waals surface area contributed by atoms with Gasteiger partial charge < -0.3 is 11.2 Å². The Balaban J connectivity index is 2.77. The van der Waals surface area contributed by atoms with Crippen LogP contribution in [0, 0.1) is 0 Å². The largest absolute Gasteiger partial charge is 0.397 e. The van der Waals surface area contributed by atoms with Gasteiger partial charge in [0.25, 0.3) is 0 Å². The Morgan fingerprint density at radius 1 is 1.36 bits per heavy atom. The van der Waals surface area contributed by atoms with E-state index in [9.17, 15) is 0 Å². The number of hydrogen-bond acceptors (Lipinski definition) is 2. The number of nitrogens with two attached hydrogens (primary N) is 1. The third-order valence-electron chi connectivity index (χ3n) is 1.77. The molecule has 2 heterocycles. The highest BCUT2D eigenvalue weighted by Crippen LogP contribution is 2.13. The highest BCUT2D eigenvalue weighted by Gasteiger charge is 2.00. The van der Waals surface area contributed by atoms with E-state index in [4.69, 9.17) is 5.73 Å². The fraction of sp³-hybridized carbons (Fsp3) is 0.143. The van der Waals surface area contributed by atoms with Gasteiger partial charge in [-0.25, -0.2) is 9.31 Å². The molecule has 0 saturated heterocycles. The summed E-state index contributed by atoms with van der Waals surface area (Å²) in [7, 11) is 1.86. The minimum atomic E-state index is 0.805. The van der Waals surface area contributed by atoms with Gasteiger partial charge in [-0.3, -0.25) is 0 Å². The zero-order valence-corrected chi connectivity index (χ0v) is 6.28. The summed E-state index contributed by atoms with van der Waals surface area (Å²) in [6, 6.07) is 3.84. The second kappa shape index (κ2) is 1.95. The average molecular weight is 150 g/mol. The van der Waals surface area contributed by atoms with Gasteiger partial charge in [-0.15, -0.1) is 0 Å². The molecule has 0 fully saturated rings. The second-order valence-corrected chi connectivity index (χ2v) is 2.38. The lowest BCUT2D eigenvalue weighted by Crippen LogP contribution is -2.12. The van der Waals surface area contributed by atoms with Crippen molar-refractivity contribution in [3.8, 4) is 0 Å². The first-order chi connectivity index (χ1) is 5.33. The molecule has 2 rings (SSSR count). The maximum absolute atomic E-state index is 5.68. The van der Waals surface area contributed by atoms with Crippen molar-refractivity contribution >= 4 is 11.2 Å². The van der Waals surface area contributed by atoms with Crippen LogP contribution in [0.15, 0.2) is 24.5 Å². The van der Waals surface area contributed by atoms with E-state index in [-0.39, 0.29) is 0 Å². The van der Waals surface area contributed by atoms with Gasteiger partial charge in [0.05, 0.1) is 11.2 Å². The molecule has 0 aromatic carbocycles. The first kappa shape index (κ1) is 6.15. The summed E-state index contributed by atoms with van der Waals surface area (Å²) in [5.74, 6) is 0. The number of rotatable bonds is 1. The molecule has 0 atom stereocenters. The molecule has 0 radical (unpaired) electrons. The molecule has 0 bridgehead atoms. The summed E-state index contributed by atoms with van der Waals surface area (Å²) in [6.07, 6.45) is 3.84. The van der Waals surface area contributed by atoms with Gasteiger partial charge in [0.2, 0.25) is 0 Å². The molecule has 58 valence electrons. The first-order valence-corrected chi connectivity index (χ1v) is 3.45. The summed E-state index contributed by atoms with van der Waals surface area (Å²) in [5.41, 5.74) is 10.5. The van der Waals surface area contributed by atoms with Crippen molar-refractivity contribution in [2.24, 2.45) is 0 Å². The van der Waals surface area contributed by atoms with E-state index < -0.39 is 0 Å². The van der Waals surface area contributed by atoms with Crippen molar-refractivity contribution in [1.29, 1.82) is 0 Å². The number of aromatic nitrogens is 2. The van der Waals surface area contributed by atoms with Crippen LogP contribution in [0.2, 0.25) is 0 Å². The zero-order valence-electron chi connectivity index (χ0n) is 6.28. The van der Waals surface area contributed by atoms with Gasteiger partial charge in [0.15, 0.2) is 0 Å². The quantitative estimate of drug-likeness (QED) is 0.621. The number of hydrogen-bond donors (Lipinski definition) is 2. The van der Waals surface area contributed by atoms with Gasteiger partial charge >= 0.3 is 0 Å². The molecule has 0 aliphatic heterocycles. The Labute approximate surface area is 64.2 Å². The first-order valence-electron chi connectivity index (χ1n) is 3.45. The van der Waals surface area contributed by atoms with Crippen LogP contribution < -0.4 is 11.2 Å². The third kappa shape index (κ3) is 0.690. The Morgan fingerprint density at radius 2 is 2.18 bits per heavy atom. The molecule has 0 amide bonds. The maximum atomic E-state index is 5.68. The van der Waals surface area contributed by atoms with Gasteiger partial charge in [-0.05, 0) is 12.1 Å². The number of nitrogen functional groups attached to an aromatic ring is 1. The topological polar surface area (TPSA) is 47.4 Å². The molecule has 4 nitrogen and oxygen atoms in total. The molecule has 0 saturated carbocycles. The number of nitrogens with one attached hydrogen (secondary N) is 1. The van der Waals surface area contributed by atoms with Crippen molar-refractivity contribution in [3.05, 3.63) is 24.5 Å². The summed E-state index contributed by atoms with van der Waals surface area (Å²) >= 11 is 0. The Morgan fingerprint density at radius 3 is 2.91 bits per heavy atom. The SMILES string of the molecule is CNn1ccc2c(N)ccn21. The lowest BCUT2D eigenvalue weighted by molar-refractivity contribution is 0.724. The predicted octanol–water partition coefficient (Wildman–Crippen LogP) is 0.496. The van der Waals surface area contributed by atoms with Crippen LogP contribution in [0.3, 0.4) is 0 Å². The third-order valence-corrected chi connectivity index (χ3v) is 1.77. The van der Waals surface area contributed by atoms with Crippen LogP contribution >= 0.6 is 0 Å². The van der Waals surface area contributed by atoms with Crippen LogP contribution in [0.25, 0.3) is 5.52 Å². The number of anilines is 1. The molecule has 0 spiro atoms. The van der Waals surface area contributed by atoms with Crippen LogP contribution in [0.1, 0.15) is 0 Å². The minimum Gasteiger partial charge on any atom is -0.397 e. The summed E-state index contributed by atoms with van der Waals surface area (Å²) < 4.78 is 1.94. The van der Waals surface area contributed by atoms with Gasteiger partial charge in [-0.1, -0.05) is 0 Å². The minimum absolute atomic E-state index is 0.805. The molecule has 0 aliphatic rings. The van der Waals surface area contributed by atoms with E-state index in [1.807, 2.05) is 40.9 Å². The number of fused-ring (bicyclic) bond motifs is 1. The van der Waals surface area contributed by atoms with E-state index in [0.717, 1.165) is 11.2 Å². The molecule has 4 heteroatoms. The van der Waals surface area contributed by atoms with Crippen LogP contribution in [0.4, 0.5) is 5.69 Å². The summed E-state index contributed by atoms with van der Waals surface area (Å²) in [6.45, 7) is 0. The molecule has 3 N–H and O–H groups in total. The van der Waals surface area contributed by atoms with Crippen molar-refractivity contribution in [2.45, 2.75) is 0 Å². The number of nitrogens with zero attached hydrogens (tertiary/aromatic N) is 2. The molecular formula is C7H10N4. The molecule has 0 aliphatic carbocycles. The van der Waals surface area contributed by atoms with Crippen molar-refractivity contribution in [2.75, 3.05) is 18.2 Å². The maximum Gasteiger partial charge on any atom is 0.0890 e. The lowest BCUT2D eigenvalue weighted by Gasteiger charge is -2.01. The van der Waals surface area contributed by atoms with E-state index >= 15 is 0 Å². The fourth-order valence-corrected chi connectivity index (χ4v) is 1.20. The molecule has 11 heavy (non-hydrogen) atoms. The Kier molecular flexibility index (Phi) is 1.09. The van der Waals surface area contributed by atoms with Gasteiger partial charge in [-0.2, -0.15) is 0 Å². The van der Waals surface area contributed by atoms with Crippen molar-refractivity contribution < 1.29 is 0 Å². The Bertz CT molecular complexity index is 371. The standard InChI is InChI=1S/C7H10N4/c1-9-11-5-3-7-6(8)2-4-10(7)11/h2-5,9H,8H2,1H3. The predicted molar refractivity (Wildman–Crippen MR) is 45.1 cm³/mol. The highest BCUT2D eigenvalue weighted by molar-refractivity contribution is 5.69. The highest BCUT2D eigenvalue weighted by atomic mass is 15.6. The smallest absolute Gasteiger partial charge is 0.0890 e. The van der Waals surface area contributed by atoms with Crippen molar-refractivity contribution in [3.63, 3.8) is 0 Å². The molecular weight excluding hydrogens is 140 g/mol.